The summed E-state index contributed by atoms with van der Waals surface area (Å²) in [6.45, 7) is 2.27. The highest BCUT2D eigenvalue weighted by Crippen LogP contribution is 2.31. The van der Waals surface area contributed by atoms with Crippen LogP contribution in [-0.2, 0) is 13.0 Å². The number of aliphatic hydroxyl groups excluding tert-OH is 1. The minimum atomic E-state index is 0.129. The van der Waals surface area contributed by atoms with Crippen molar-refractivity contribution >= 4 is 34.1 Å². The summed E-state index contributed by atoms with van der Waals surface area (Å²) in [6.07, 6.45) is 1.01. The Bertz CT molecular complexity index is 460. The number of thiophene rings is 1. The summed E-state index contributed by atoms with van der Waals surface area (Å²) < 4.78 is 1.29. The van der Waals surface area contributed by atoms with E-state index in [0.717, 1.165) is 16.2 Å². The van der Waals surface area contributed by atoms with Crippen LogP contribution in [-0.4, -0.2) is 5.11 Å². The number of benzene rings is 1. The van der Waals surface area contributed by atoms with Gasteiger partial charge in [-0.2, -0.15) is 0 Å². The summed E-state index contributed by atoms with van der Waals surface area (Å²) in [4.78, 5) is 2.02. The van der Waals surface area contributed by atoms with Crippen LogP contribution in [0.3, 0.4) is 0 Å². The molecule has 14 heavy (non-hydrogen) atoms. The Kier molecular flexibility index (Phi) is 2.81. The highest BCUT2D eigenvalue weighted by atomic mass is 32.1. The second-order valence-corrected chi connectivity index (χ2v) is 4.90. The van der Waals surface area contributed by atoms with Gasteiger partial charge in [-0.3, -0.25) is 0 Å². The standard InChI is InChI=1S/C11H12OS2/c1-2-7-3-9(13)4-8-5-10(6-12)14-11(7)8/h3-5,12-13H,2,6H2,1H3. The van der Waals surface area contributed by atoms with Gasteiger partial charge in [-0.1, -0.05) is 6.92 Å². The van der Waals surface area contributed by atoms with Crippen LogP contribution in [0.15, 0.2) is 23.1 Å². The van der Waals surface area contributed by atoms with E-state index in [9.17, 15) is 0 Å². The van der Waals surface area contributed by atoms with E-state index in [0.29, 0.717) is 0 Å². The molecule has 2 aromatic rings. The molecule has 0 saturated heterocycles. The molecule has 0 atom stereocenters. The first-order valence-electron chi connectivity index (χ1n) is 4.59. The van der Waals surface area contributed by atoms with Crippen LogP contribution in [0, 0.1) is 0 Å². The van der Waals surface area contributed by atoms with Crippen molar-refractivity contribution in [1.29, 1.82) is 0 Å². The lowest BCUT2D eigenvalue weighted by Gasteiger charge is -2.00. The van der Waals surface area contributed by atoms with Crippen LogP contribution >= 0.6 is 24.0 Å². The summed E-state index contributed by atoms with van der Waals surface area (Å²) in [7, 11) is 0. The highest BCUT2D eigenvalue weighted by Gasteiger charge is 2.05. The number of aryl methyl sites for hydroxylation is 1. The fraction of sp³-hybridized carbons (Fsp3) is 0.273. The van der Waals surface area contributed by atoms with Crippen LogP contribution in [0.2, 0.25) is 0 Å². The molecule has 1 aromatic carbocycles. The lowest BCUT2D eigenvalue weighted by Crippen LogP contribution is -1.79. The smallest absolute Gasteiger partial charge is 0.0774 e. The molecule has 2 rings (SSSR count). The molecule has 1 heterocycles. The summed E-state index contributed by atoms with van der Waals surface area (Å²) >= 11 is 6.04. The lowest BCUT2D eigenvalue weighted by molar-refractivity contribution is 0.285. The molecule has 0 unspecified atom stereocenters. The van der Waals surface area contributed by atoms with Crippen molar-refractivity contribution in [2.75, 3.05) is 0 Å². The van der Waals surface area contributed by atoms with Crippen LogP contribution in [0.4, 0.5) is 0 Å². The molecule has 0 bridgehead atoms. The zero-order valence-corrected chi connectivity index (χ0v) is 9.66. The molecule has 0 radical (unpaired) electrons. The first kappa shape index (κ1) is 10.0. The second-order valence-electron chi connectivity index (χ2n) is 3.25. The van der Waals surface area contributed by atoms with Crippen molar-refractivity contribution in [3.8, 4) is 0 Å². The Morgan fingerprint density at radius 2 is 2.14 bits per heavy atom. The van der Waals surface area contributed by atoms with Gasteiger partial charge in [0.2, 0.25) is 0 Å². The first-order chi connectivity index (χ1) is 6.74. The Morgan fingerprint density at radius 1 is 1.36 bits per heavy atom. The van der Waals surface area contributed by atoms with Crippen molar-refractivity contribution in [2.24, 2.45) is 0 Å². The summed E-state index contributed by atoms with van der Waals surface area (Å²) in [5, 5.41) is 10.3. The average Bonchev–Trinajstić information content (AvgIpc) is 2.59. The van der Waals surface area contributed by atoms with Gasteiger partial charge >= 0.3 is 0 Å². The number of hydrogen-bond acceptors (Lipinski definition) is 3. The van der Waals surface area contributed by atoms with E-state index in [1.807, 2.05) is 12.1 Å². The van der Waals surface area contributed by atoms with Gasteiger partial charge in [-0.15, -0.1) is 24.0 Å². The van der Waals surface area contributed by atoms with Crippen molar-refractivity contribution in [3.05, 3.63) is 28.6 Å². The highest BCUT2D eigenvalue weighted by molar-refractivity contribution is 7.80. The number of thiol groups is 1. The molecule has 1 nitrogen and oxygen atoms in total. The zero-order valence-electron chi connectivity index (χ0n) is 7.95. The summed E-state index contributed by atoms with van der Waals surface area (Å²) in [5.41, 5.74) is 1.32. The topological polar surface area (TPSA) is 20.2 Å². The van der Waals surface area contributed by atoms with E-state index in [-0.39, 0.29) is 6.61 Å². The zero-order chi connectivity index (χ0) is 10.1. The quantitative estimate of drug-likeness (QED) is 0.750. The predicted molar refractivity (Wildman–Crippen MR) is 64.4 cm³/mol. The second kappa shape index (κ2) is 3.93. The van der Waals surface area contributed by atoms with E-state index in [4.69, 9.17) is 5.11 Å². The molecule has 0 aliphatic carbocycles. The number of fused-ring (bicyclic) bond motifs is 1. The monoisotopic (exact) mass is 224 g/mol. The first-order valence-corrected chi connectivity index (χ1v) is 5.86. The molecular weight excluding hydrogens is 212 g/mol. The van der Waals surface area contributed by atoms with E-state index in [1.54, 1.807) is 11.3 Å². The van der Waals surface area contributed by atoms with E-state index < -0.39 is 0 Å². The van der Waals surface area contributed by atoms with Gasteiger partial charge in [0.25, 0.3) is 0 Å². The van der Waals surface area contributed by atoms with Crippen molar-refractivity contribution < 1.29 is 5.11 Å². The number of aliphatic hydroxyl groups is 1. The molecule has 0 aliphatic rings. The maximum atomic E-state index is 9.06. The van der Waals surface area contributed by atoms with E-state index in [2.05, 4.69) is 25.6 Å². The number of rotatable bonds is 2. The van der Waals surface area contributed by atoms with E-state index >= 15 is 0 Å². The van der Waals surface area contributed by atoms with Gasteiger partial charge < -0.3 is 5.11 Å². The SMILES string of the molecule is CCc1cc(S)cc2cc(CO)sc12. The summed E-state index contributed by atoms with van der Waals surface area (Å²) in [5.74, 6) is 0. The Morgan fingerprint density at radius 3 is 2.79 bits per heavy atom. The maximum Gasteiger partial charge on any atom is 0.0774 e. The largest absolute Gasteiger partial charge is 0.391 e. The average molecular weight is 224 g/mol. The normalized spacial score (nSPS) is 11.1. The molecule has 0 fully saturated rings. The van der Waals surface area contributed by atoms with Crippen molar-refractivity contribution in [2.45, 2.75) is 24.8 Å². The third kappa shape index (κ3) is 1.67. The molecule has 1 N–H and O–H groups in total. The van der Waals surface area contributed by atoms with Crippen LogP contribution < -0.4 is 0 Å². The van der Waals surface area contributed by atoms with Crippen molar-refractivity contribution in [1.82, 2.24) is 0 Å². The maximum absolute atomic E-state index is 9.06. The Labute approximate surface area is 92.8 Å². The van der Waals surface area contributed by atoms with Gasteiger partial charge in [-0.05, 0) is 35.6 Å². The predicted octanol–water partition coefficient (Wildman–Crippen LogP) is 3.24. The minimum Gasteiger partial charge on any atom is -0.391 e. The third-order valence-corrected chi connectivity index (χ3v) is 3.74. The van der Waals surface area contributed by atoms with Gasteiger partial charge in [0.1, 0.15) is 0 Å². The summed E-state index contributed by atoms with van der Waals surface area (Å²) in [6, 6.07) is 6.19. The minimum absolute atomic E-state index is 0.129. The lowest BCUT2D eigenvalue weighted by atomic mass is 10.1. The fourth-order valence-corrected chi connectivity index (χ4v) is 2.98. The number of hydrogen-bond donors (Lipinski definition) is 2. The molecule has 0 aliphatic heterocycles. The fourth-order valence-electron chi connectivity index (χ4n) is 1.60. The third-order valence-electron chi connectivity index (χ3n) is 2.27. The molecular formula is C11H12OS2. The Balaban J connectivity index is 2.71. The molecule has 3 heteroatoms. The van der Waals surface area contributed by atoms with Crippen molar-refractivity contribution in [3.63, 3.8) is 0 Å². The van der Waals surface area contributed by atoms with E-state index in [1.165, 1.54) is 15.6 Å². The van der Waals surface area contributed by atoms with Gasteiger partial charge in [0, 0.05) is 14.5 Å². The van der Waals surface area contributed by atoms with Crippen LogP contribution in [0.25, 0.3) is 10.1 Å². The van der Waals surface area contributed by atoms with Gasteiger partial charge in [-0.25, -0.2) is 0 Å². The van der Waals surface area contributed by atoms with Gasteiger partial charge in [0.05, 0.1) is 6.61 Å². The molecule has 0 amide bonds. The van der Waals surface area contributed by atoms with Crippen LogP contribution in [0.1, 0.15) is 17.4 Å². The Hall–Kier alpha value is -0.510. The molecule has 1 aromatic heterocycles. The molecule has 0 spiro atoms. The molecule has 0 saturated carbocycles. The molecule has 74 valence electrons. The van der Waals surface area contributed by atoms with Crippen LogP contribution in [0.5, 0.6) is 0 Å². The van der Waals surface area contributed by atoms with Gasteiger partial charge in [0.15, 0.2) is 0 Å².